The van der Waals surface area contributed by atoms with Crippen molar-refractivity contribution < 1.29 is 17.5 Å². The molecule has 0 aliphatic heterocycles. The Morgan fingerprint density at radius 1 is 1.14 bits per heavy atom. The zero-order chi connectivity index (χ0) is 15.8. The van der Waals surface area contributed by atoms with E-state index in [1.165, 1.54) is 0 Å². The van der Waals surface area contributed by atoms with Crippen LogP contribution in [0, 0.1) is 0 Å². The molecule has 2 rings (SSSR count). The Hall–Kier alpha value is -2.25. The number of benzene rings is 1. The molecule has 1 aromatic carbocycles. The Balaban J connectivity index is 1.84. The van der Waals surface area contributed by atoms with Crippen molar-refractivity contribution >= 4 is 22.0 Å². The quantitative estimate of drug-likeness (QED) is 0.352. The summed E-state index contributed by atoms with van der Waals surface area (Å²) in [4.78, 5) is 0. The third-order valence-corrected chi connectivity index (χ3v) is 3.72. The van der Waals surface area contributed by atoms with E-state index in [-0.39, 0.29) is 5.75 Å². The molecule has 0 saturated carbocycles. The highest BCUT2D eigenvalue weighted by Crippen LogP contribution is 2.04. The summed E-state index contributed by atoms with van der Waals surface area (Å²) in [6.45, 7) is 0.527. The van der Waals surface area contributed by atoms with Crippen molar-refractivity contribution in [3.05, 3.63) is 60.4 Å². The molecule has 6 nitrogen and oxygen atoms in total. The fraction of sp³-hybridized carbons (Fsp3) is 0.200. The van der Waals surface area contributed by atoms with Crippen LogP contribution >= 0.6 is 0 Å². The molecule has 0 radical (unpaired) electrons. The highest BCUT2D eigenvalue weighted by atomic mass is 32.2. The topological polar surface area (TPSA) is 82.6 Å². The Bertz CT molecular complexity index is 713. The molecule has 2 aromatic rings. The van der Waals surface area contributed by atoms with Crippen LogP contribution in [0.15, 0.2) is 60.0 Å². The van der Waals surface area contributed by atoms with Gasteiger partial charge < -0.3 is 0 Å². The number of pyridine rings is 1. The zero-order valence-electron chi connectivity index (χ0n) is 12.0. The number of rotatable bonds is 7. The molecule has 0 atom stereocenters. The molecule has 1 aromatic heterocycles. The largest absolute Gasteiger partial charge is 0.286 e. The second kappa shape index (κ2) is 7.67. The number of nitrogens with zero attached hydrogens (tertiary/aromatic N) is 2. The van der Waals surface area contributed by atoms with E-state index in [1.807, 2.05) is 59.4 Å². The van der Waals surface area contributed by atoms with Crippen molar-refractivity contribution in [2.45, 2.75) is 13.0 Å². The van der Waals surface area contributed by atoms with Gasteiger partial charge in [0.25, 0.3) is 10.1 Å². The number of nitrogens with one attached hydrogen (secondary N) is 1. The fourth-order valence-corrected chi connectivity index (χ4v) is 2.32. The molecule has 0 bridgehead atoms. The minimum absolute atomic E-state index is 0.232. The average molecular weight is 320 g/mol. The molecule has 22 heavy (non-hydrogen) atoms. The lowest BCUT2D eigenvalue weighted by Gasteiger charge is -1.99. The van der Waals surface area contributed by atoms with Crippen molar-refractivity contribution in [1.82, 2.24) is 0 Å². The second-order valence-corrected chi connectivity index (χ2v) is 6.32. The molecule has 0 unspecified atom stereocenters. The average Bonchev–Trinajstić information content (AvgIpc) is 2.49. The van der Waals surface area contributed by atoms with Crippen LogP contribution in [0.1, 0.15) is 12.0 Å². The number of hydrogen-bond donors (Lipinski definition) is 2. The SMILES string of the molecule is O=S(=O)(O)CCC[n+]1ccc(C=NNc2ccccc2)cc1. The van der Waals surface area contributed by atoms with Crippen molar-refractivity contribution in [1.29, 1.82) is 0 Å². The number of hydrazone groups is 1. The van der Waals surface area contributed by atoms with Gasteiger partial charge in [-0.25, -0.2) is 4.57 Å². The first kappa shape index (κ1) is 16.1. The van der Waals surface area contributed by atoms with E-state index in [0.29, 0.717) is 13.0 Å². The smallest absolute Gasteiger partial charge is 0.265 e. The van der Waals surface area contributed by atoms with Crippen LogP contribution in [-0.2, 0) is 16.7 Å². The fourth-order valence-electron chi connectivity index (χ4n) is 1.83. The number of anilines is 1. The highest BCUT2D eigenvalue weighted by molar-refractivity contribution is 7.85. The second-order valence-electron chi connectivity index (χ2n) is 4.74. The van der Waals surface area contributed by atoms with Crippen molar-refractivity contribution in [3.8, 4) is 0 Å². The Morgan fingerprint density at radius 3 is 2.45 bits per heavy atom. The minimum atomic E-state index is -3.88. The zero-order valence-corrected chi connectivity index (χ0v) is 12.8. The summed E-state index contributed by atoms with van der Waals surface area (Å²) < 4.78 is 31.8. The summed E-state index contributed by atoms with van der Waals surface area (Å²) in [7, 11) is -3.88. The van der Waals surface area contributed by atoms with E-state index >= 15 is 0 Å². The lowest BCUT2D eigenvalue weighted by Crippen LogP contribution is -2.33. The summed E-state index contributed by atoms with van der Waals surface area (Å²) in [5.41, 5.74) is 4.76. The van der Waals surface area contributed by atoms with Gasteiger partial charge in [0.2, 0.25) is 0 Å². The number of aryl methyl sites for hydroxylation is 1. The van der Waals surface area contributed by atoms with Gasteiger partial charge in [0.05, 0.1) is 17.7 Å². The van der Waals surface area contributed by atoms with Gasteiger partial charge in [0.15, 0.2) is 12.4 Å². The number of hydrogen-bond acceptors (Lipinski definition) is 4. The molecular weight excluding hydrogens is 302 g/mol. The normalized spacial score (nSPS) is 11.7. The Labute approximate surface area is 129 Å². The third kappa shape index (κ3) is 6.02. The van der Waals surface area contributed by atoms with E-state index in [9.17, 15) is 8.42 Å². The predicted octanol–water partition coefficient (Wildman–Crippen LogP) is 1.70. The van der Waals surface area contributed by atoms with Gasteiger partial charge >= 0.3 is 0 Å². The van der Waals surface area contributed by atoms with Gasteiger partial charge in [-0.05, 0) is 12.1 Å². The van der Waals surface area contributed by atoms with E-state index in [2.05, 4.69) is 10.5 Å². The number of para-hydroxylation sites is 1. The first-order valence-electron chi connectivity index (χ1n) is 6.81. The monoisotopic (exact) mass is 320 g/mol. The predicted molar refractivity (Wildman–Crippen MR) is 85.3 cm³/mol. The minimum Gasteiger partial charge on any atom is -0.286 e. The summed E-state index contributed by atoms with van der Waals surface area (Å²) in [5.74, 6) is -0.232. The first-order chi connectivity index (χ1) is 10.5. The van der Waals surface area contributed by atoms with Crippen LogP contribution in [0.3, 0.4) is 0 Å². The summed E-state index contributed by atoms with van der Waals surface area (Å²) in [5, 5.41) is 4.14. The van der Waals surface area contributed by atoms with Crippen LogP contribution in [0.5, 0.6) is 0 Å². The van der Waals surface area contributed by atoms with Crippen LogP contribution in [-0.4, -0.2) is 24.9 Å². The van der Waals surface area contributed by atoms with Crippen LogP contribution in [0.4, 0.5) is 5.69 Å². The Morgan fingerprint density at radius 2 is 1.82 bits per heavy atom. The van der Waals surface area contributed by atoms with E-state index in [1.54, 1.807) is 6.21 Å². The Kier molecular flexibility index (Phi) is 5.62. The summed E-state index contributed by atoms with van der Waals surface area (Å²) in [6, 6.07) is 13.4. The molecule has 0 aliphatic carbocycles. The van der Waals surface area contributed by atoms with Crippen molar-refractivity contribution in [2.24, 2.45) is 5.10 Å². The van der Waals surface area contributed by atoms with E-state index in [0.717, 1.165) is 11.3 Å². The van der Waals surface area contributed by atoms with Crippen LogP contribution in [0.25, 0.3) is 0 Å². The van der Waals surface area contributed by atoms with Gasteiger partial charge in [0, 0.05) is 24.1 Å². The molecule has 116 valence electrons. The molecule has 1 heterocycles. The van der Waals surface area contributed by atoms with Crippen LogP contribution in [0.2, 0.25) is 0 Å². The maximum atomic E-state index is 10.6. The maximum Gasteiger partial charge on any atom is 0.265 e. The number of aromatic nitrogens is 1. The molecule has 0 spiro atoms. The van der Waals surface area contributed by atoms with Crippen molar-refractivity contribution in [2.75, 3.05) is 11.2 Å². The molecule has 0 amide bonds. The van der Waals surface area contributed by atoms with Gasteiger partial charge in [0.1, 0.15) is 6.54 Å². The molecular formula is C15H18N3O3S+. The third-order valence-electron chi connectivity index (χ3n) is 2.92. The molecule has 0 fully saturated rings. The summed E-state index contributed by atoms with van der Waals surface area (Å²) >= 11 is 0. The van der Waals surface area contributed by atoms with Crippen molar-refractivity contribution in [3.63, 3.8) is 0 Å². The molecule has 0 saturated heterocycles. The molecule has 7 heteroatoms. The van der Waals surface area contributed by atoms with E-state index in [4.69, 9.17) is 4.55 Å². The molecule has 0 aliphatic rings. The maximum absolute atomic E-state index is 10.6. The standard InChI is InChI=1S/C15H17N3O3S/c19-22(20,21)12-4-9-18-10-7-14(8-11-18)13-16-17-15-5-2-1-3-6-15/h1-3,5-8,10-11,13H,4,9,12H2,(H,19,20,21)/p+1. The van der Waals surface area contributed by atoms with Gasteiger partial charge in [-0.2, -0.15) is 13.5 Å². The summed E-state index contributed by atoms with van der Waals surface area (Å²) in [6.07, 6.45) is 5.75. The lowest BCUT2D eigenvalue weighted by atomic mass is 10.3. The van der Waals surface area contributed by atoms with Gasteiger partial charge in [-0.1, -0.05) is 18.2 Å². The highest BCUT2D eigenvalue weighted by Gasteiger charge is 2.07. The lowest BCUT2D eigenvalue weighted by molar-refractivity contribution is -0.696. The molecule has 2 N–H and O–H groups in total. The first-order valence-corrected chi connectivity index (χ1v) is 8.42. The van der Waals surface area contributed by atoms with Gasteiger partial charge in [-0.3, -0.25) is 9.98 Å². The van der Waals surface area contributed by atoms with E-state index < -0.39 is 10.1 Å². The van der Waals surface area contributed by atoms with Gasteiger partial charge in [-0.15, -0.1) is 0 Å². The van der Waals surface area contributed by atoms with Crippen LogP contribution < -0.4 is 9.99 Å².